The van der Waals surface area contributed by atoms with Gasteiger partial charge in [-0.2, -0.15) is 0 Å². The predicted octanol–water partition coefficient (Wildman–Crippen LogP) is 7.28. The SMILES string of the molecule is O=C(O)c1cc(F)c2nc(N3[C@@H]4CC[C@H]3C[C@H](OCc3c(-c5ccccc5OC(F)(F)F)noc3C3CC3)C4)sc2c1. The van der Waals surface area contributed by atoms with Gasteiger partial charge in [-0.3, -0.25) is 0 Å². The number of carboxylic acid groups (broad SMARTS) is 1. The second-order valence-corrected chi connectivity index (χ2v) is 12.0. The second kappa shape index (κ2) is 10.2. The van der Waals surface area contributed by atoms with Crippen LogP contribution in [-0.4, -0.2) is 45.8 Å². The number of halogens is 4. The molecular weight excluding hydrogens is 578 g/mol. The number of hydrogen-bond donors (Lipinski definition) is 1. The first kappa shape index (κ1) is 27.1. The van der Waals surface area contributed by atoms with Crippen LogP contribution < -0.4 is 9.64 Å². The summed E-state index contributed by atoms with van der Waals surface area (Å²) in [5.74, 6) is -1.39. The van der Waals surface area contributed by atoms with E-state index in [1.165, 1.54) is 35.6 Å². The molecule has 1 N–H and O–H groups in total. The average Bonchev–Trinajstić information content (AvgIpc) is 3.45. The van der Waals surface area contributed by atoms with E-state index in [1.807, 2.05) is 0 Å². The van der Waals surface area contributed by atoms with Crippen molar-refractivity contribution in [2.75, 3.05) is 4.90 Å². The first-order valence-electron chi connectivity index (χ1n) is 13.7. The first-order valence-corrected chi connectivity index (χ1v) is 14.5. The second-order valence-electron chi connectivity index (χ2n) is 11.0. The van der Waals surface area contributed by atoms with Crippen molar-refractivity contribution in [2.24, 2.45) is 0 Å². The lowest BCUT2D eigenvalue weighted by atomic mass is 10.00. The summed E-state index contributed by atoms with van der Waals surface area (Å²) in [6.45, 7) is 0.138. The van der Waals surface area contributed by atoms with Crippen LogP contribution in [0.25, 0.3) is 21.5 Å². The Morgan fingerprint density at radius 2 is 1.86 bits per heavy atom. The number of piperidine rings is 1. The number of thiazole rings is 1. The third-order valence-corrected chi connectivity index (χ3v) is 9.21. The molecule has 0 spiro atoms. The van der Waals surface area contributed by atoms with Crippen LogP contribution in [0.15, 0.2) is 40.9 Å². The van der Waals surface area contributed by atoms with Gasteiger partial charge in [-0.15, -0.1) is 13.2 Å². The van der Waals surface area contributed by atoms with Crippen molar-refractivity contribution in [1.82, 2.24) is 10.1 Å². The molecule has 2 bridgehead atoms. The van der Waals surface area contributed by atoms with Gasteiger partial charge in [-0.1, -0.05) is 28.6 Å². The summed E-state index contributed by atoms with van der Waals surface area (Å²) in [6.07, 6.45) is 0.0965. The minimum atomic E-state index is -4.85. The molecule has 3 aliphatic rings. The highest BCUT2D eigenvalue weighted by Gasteiger charge is 2.43. The fourth-order valence-electron chi connectivity index (χ4n) is 6.20. The molecule has 0 unspecified atom stereocenters. The van der Waals surface area contributed by atoms with E-state index in [1.54, 1.807) is 6.07 Å². The molecule has 2 aromatic heterocycles. The zero-order valence-electron chi connectivity index (χ0n) is 22.1. The minimum absolute atomic E-state index is 0.111. The smallest absolute Gasteiger partial charge is 0.478 e. The van der Waals surface area contributed by atoms with Crippen molar-refractivity contribution in [3.05, 3.63) is 59.1 Å². The Bertz CT molecular complexity index is 1650. The Morgan fingerprint density at radius 1 is 1.12 bits per heavy atom. The van der Waals surface area contributed by atoms with Crippen molar-refractivity contribution in [2.45, 2.75) is 75.6 Å². The Kier molecular flexibility index (Phi) is 6.61. The lowest BCUT2D eigenvalue weighted by Crippen LogP contribution is -2.45. The maximum atomic E-state index is 14.6. The zero-order chi connectivity index (χ0) is 29.2. The Morgan fingerprint density at radius 3 is 2.55 bits per heavy atom. The van der Waals surface area contributed by atoms with Gasteiger partial charge in [0.1, 0.15) is 22.7 Å². The molecule has 1 saturated carbocycles. The highest BCUT2D eigenvalue weighted by molar-refractivity contribution is 7.22. The van der Waals surface area contributed by atoms with Gasteiger partial charge in [0.2, 0.25) is 0 Å². The van der Waals surface area contributed by atoms with Crippen molar-refractivity contribution >= 4 is 32.7 Å². The van der Waals surface area contributed by atoms with E-state index in [4.69, 9.17) is 9.26 Å². The summed E-state index contributed by atoms with van der Waals surface area (Å²) in [5, 5.41) is 14.1. The monoisotopic (exact) mass is 603 g/mol. The number of carboxylic acids is 1. The molecule has 4 aromatic rings. The van der Waals surface area contributed by atoms with Gasteiger partial charge in [0, 0.05) is 29.1 Å². The number of rotatable bonds is 8. The highest BCUT2D eigenvalue weighted by Crippen LogP contribution is 2.47. The van der Waals surface area contributed by atoms with Gasteiger partial charge in [0.15, 0.2) is 10.9 Å². The molecule has 8 nitrogen and oxygen atoms in total. The first-order chi connectivity index (χ1) is 20.1. The molecule has 0 amide bonds. The van der Waals surface area contributed by atoms with E-state index in [9.17, 15) is 27.5 Å². The van der Waals surface area contributed by atoms with Gasteiger partial charge in [0.05, 0.1) is 23.0 Å². The molecule has 13 heteroatoms. The molecule has 42 heavy (non-hydrogen) atoms. The molecule has 2 saturated heterocycles. The largest absolute Gasteiger partial charge is 0.573 e. The predicted molar refractivity (Wildman–Crippen MR) is 144 cm³/mol. The number of benzene rings is 2. The standard InChI is InChI=1S/C29H25F4N3O5S/c30-21-9-15(27(37)38)10-23-25(21)34-28(42-23)36-16-7-8-17(36)12-18(11-16)39-13-20-24(35-41-26(20)14-5-6-14)19-3-1-2-4-22(19)40-29(31,32)33/h1-4,9-10,14,16-18H,5-8,11-13H2,(H,37,38)/t16-,17+,18-. The van der Waals surface area contributed by atoms with E-state index in [2.05, 4.69) is 19.8 Å². The summed E-state index contributed by atoms with van der Waals surface area (Å²) in [6, 6.07) is 8.54. The number of nitrogens with zero attached hydrogens (tertiary/aromatic N) is 3. The average molecular weight is 604 g/mol. The summed E-state index contributed by atoms with van der Waals surface area (Å²) >= 11 is 1.28. The van der Waals surface area contributed by atoms with Crippen LogP contribution in [0.3, 0.4) is 0 Å². The molecule has 7 rings (SSSR count). The van der Waals surface area contributed by atoms with Crippen LogP contribution in [0.4, 0.5) is 22.7 Å². The van der Waals surface area contributed by atoms with E-state index >= 15 is 0 Å². The van der Waals surface area contributed by atoms with Crippen LogP contribution in [0.1, 0.15) is 66.1 Å². The van der Waals surface area contributed by atoms with Crippen molar-refractivity contribution in [3.63, 3.8) is 0 Å². The van der Waals surface area contributed by atoms with Gasteiger partial charge in [-0.25, -0.2) is 14.2 Å². The minimum Gasteiger partial charge on any atom is -0.478 e. The maximum Gasteiger partial charge on any atom is 0.573 e. The summed E-state index contributed by atoms with van der Waals surface area (Å²) < 4.78 is 70.7. The fourth-order valence-corrected chi connectivity index (χ4v) is 7.37. The zero-order valence-corrected chi connectivity index (χ0v) is 22.9. The molecule has 2 aliphatic heterocycles. The topological polar surface area (TPSA) is 97.9 Å². The molecule has 0 radical (unpaired) electrons. The molecular formula is C29H25F4N3O5S. The molecule has 2 aromatic carbocycles. The van der Waals surface area contributed by atoms with Gasteiger partial charge in [0.25, 0.3) is 0 Å². The number of ether oxygens (including phenoxy) is 2. The van der Waals surface area contributed by atoms with Crippen molar-refractivity contribution in [3.8, 4) is 17.0 Å². The Labute approximate surface area is 240 Å². The Balaban J connectivity index is 1.10. The van der Waals surface area contributed by atoms with Crippen LogP contribution in [0.2, 0.25) is 0 Å². The molecule has 1 aliphatic carbocycles. The van der Waals surface area contributed by atoms with E-state index in [0.29, 0.717) is 34.0 Å². The molecule has 220 valence electrons. The summed E-state index contributed by atoms with van der Waals surface area (Å²) in [4.78, 5) is 18.1. The third-order valence-electron chi connectivity index (χ3n) is 8.19. The van der Waals surface area contributed by atoms with E-state index < -0.39 is 18.1 Å². The van der Waals surface area contributed by atoms with Crippen molar-refractivity contribution < 1.29 is 41.5 Å². The number of aromatic nitrogens is 2. The Hall–Kier alpha value is -3.71. The van der Waals surface area contributed by atoms with Gasteiger partial charge >= 0.3 is 12.3 Å². The lowest BCUT2D eigenvalue weighted by Gasteiger charge is -2.38. The number of aromatic carboxylic acids is 1. The third kappa shape index (κ3) is 5.08. The molecule has 3 fully saturated rings. The van der Waals surface area contributed by atoms with Crippen LogP contribution in [0, 0.1) is 5.82 Å². The number of para-hydroxylation sites is 1. The number of hydrogen-bond acceptors (Lipinski definition) is 8. The van der Waals surface area contributed by atoms with Gasteiger partial charge < -0.3 is 24.0 Å². The fraction of sp³-hybridized carbons (Fsp3) is 0.414. The highest BCUT2D eigenvalue weighted by atomic mass is 32.1. The number of anilines is 1. The van der Waals surface area contributed by atoms with Crippen LogP contribution >= 0.6 is 11.3 Å². The normalized spacial score (nSPS) is 22.2. The quantitative estimate of drug-likeness (QED) is 0.210. The van der Waals surface area contributed by atoms with E-state index in [-0.39, 0.29) is 58.8 Å². The van der Waals surface area contributed by atoms with E-state index in [0.717, 1.165) is 31.7 Å². The van der Waals surface area contributed by atoms with Crippen LogP contribution in [0.5, 0.6) is 5.75 Å². The molecule has 3 atom stereocenters. The summed E-state index contributed by atoms with van der Waals surface area (Å²) in [5.41, 5.74) is 1.17. The lowest BCUT2D eigenvalue weighted by molar-refractivity contribution is -0.274. The number of carbonyl (C=O) groups is 1. The van der Waals surface area contributed by atoms with Crippen LogP contribution in [-0.2, 0) is 11.3 Å². The molecule has 4 heterocycles. The maximum absolute atomic E-state index is 14.6. The number of fused-ring (bicyclic) bond motifs is 3. The number of alkyl halides is 3. The van der Waals surface area contributed by atoms with Gasteiger partial charge in [-0.05, 0) is 62.8 Å². The summed E-state index contributed by atoms with van der Waals surface area (Å²) in [7, 11) is 0. The van der Waals surface area contributed by atoms with Crippen molar-refractivity contribution in [1.29, 1.82) is 0 Å².